The van der Waals surface area contributed by atoms with Crippen LogP contribution in [0.4, 0.5) is 0 Å². The molecule has 0 atom stereocenters. The Hall–Kier alpha value is -4.04. The number of imidazole rings is 1. The summed E-state index contributed by atoms with van der Waals surface area (Å²) in [5.41, 5.74) is 5.72. The largest absolute Gasteiger partial charge is 0.326 e. The molecule has 0 saturated carbocycles. The second-order valence-corrected chi connectivity index (χ2v) is 8.65. The molecule has 0 bridgehead atoms. The smallest absolute Gasteiger partial charge is 0.312 e. The van der Waals surface area contributed by atoms with E-state index in [0.29, 0.717) is 17.4 Å². The fourth-order valence-corrected chi connectivity index (χ4v) is 4.39. The van der Waals surface area contributed by atoms with Crippen molar-refractivity contribution in [3.8, 4) is 33.9 Å². The van der Waals surface area contributed by atoms with E-state index in [1.165, 1.54) is 0 Å². The average molecular weight is 486 g/mol. The molecule has 2 N–H and O–H groups in total. The monoisotopic (exact) mass is 485 g/mol. The van der Waals surface area contributed by atoms with Gasteiger partial charge in [-0.15, -0.1) is 10.2 Å². The highest BCUT2D eigenvalue weighted by Crippen LogP contribution is 2.34. The van der Waals surface area contributed by atoms with Gasteiger partial charge in [-0.3, -0.25) is 4.57 Å². The number of aryl methyl sites for hydroxylation is 1. The van der Waals surface area contributed by atoms with Crippen molar-refractivity contribution in [1.29, 1.82) is 0 Å². The molecule has 0 fully saturated rings. The summed E-state index contributed by atoms with van der Waals surface area (Å²) in [4.78, 5) is 20.5. The molecule has 176 valence electrons. The van der Waals surface area contributed by atoms with Gasteiger partial charge in [-0.05, 0) is 35.8 Å². The van der Waals surface area contributed by atoms with Crippen LogP contribution in [0.15, 0.2) is 71.7 Å². The molecule has 0 radical (unpaired) electrons. The predicted molar refractivity (Wildman–Crippen MR) is 136 cm³/mol. The van der Waals surface area contributed by atoms with Crippen LogP contribution in [0.1, 0.15) is 31.0 Å². The minimum atomic E-state index is -0.132. The maximum absolute atomic E-state index is 12.6. The zero-order chi connectivity index (χ0) is 24.2. The third-order valence-electron chi connectivity index (χ3n) is 5.97. The highest BCUT2D eigenvalue weighted by molar-refractivity contribution is 6.33. The van der Waals surface area contributed by atoms with E-state index in [0.717, 1.165) is 58.6 Å². The number of hydrogen-bond donors (Lipinski definition) is 2. The molecule has 5 aromatic rings. The van der Waals surface area contributed by atoms with E-state index in [1.54, 1.807) is 10.8 Å². The number of H-pyrrole nitrogens is 2. The number of nitrogens with zero attached hydrogens (tertiary/aromatic N) is 5. The molecule has 3 heterocycles. The van der Waals surface area contributed by atoms with E-state index in [1.807, 2.05) is 60.7 Å². The third-order valence-corrected chi connectivity index (χ3v) is 6.30. The van der Waals surface area contributed by atoms with Crippen LogP contribution in [-0.2, 0) is 13.0 Å². The fraction of sp³-hybridized carbons (Fsp3) is 0.192. The Morgan fingerprint density at radius 3 is 2.49 bits per heavy atom. The van der Waals surface area contributed by atoms with Crippen molar-refractivity contribution < 1.29 is 0 Å². The lowest BCUT2D eigenvalue weighted by atomic mass is 10.00. The lowest BCUT2D eigenvalue weighted by Crippen LogP contribution is -2.20. The number of nitrogens with one attached hydrogen (secondary N) is 2. The van der Waals surface area contributed by atoms with Gasteiger partial charge in [0.25, 0.3) is 0 Å². The summed E-state index contributed by atoms with van der Waals surface area (Å²) in [5, 5.41) is 15.1. The average Bonchev–Trinajstić information content (AvgIpc) is 3.54. The molecule has 5 rings (SSSR count). The van der Waals surface area contributed by atoms with Crippen LogP contribution in [0.25, 0.3) is 33.9 Å². The van der Waals surface area contributed by atoms with E-state index in [2.05, 4.69) is 32.5 Å². The maximum atomic E-state index is 12.6. The summed E-state index contributed by atoms with van der Waals surface area (Å²) < 4.78 is 1.78. The zero-order valence-corrected chi connectivity index (χ0v) is 20.0. The number of aromatic amines is 2. The molecule has 2 aromatic carbocycles. The van der Waals surface area contributed by atoms with Gasteiger partial charge in [-0.1, -0.05) is 73.5 Å². The Kier molecular flexibility index (Phi) is 6.54. The molecular formula is C26H24ClN7O. The number of tetrazole rings is 1. The van der Waals surface area contributed by atoms with Crippen molar-refractivity contribution in [3.05, 3.63) is 93.6 Å². The third kappa shape index (κ3) is 4.65. The van der Waals surface area contributed by atoms with Crippen LogP contribution < -0.4 is 5.69 Å². The zero-order valence-electron chi connectivity index (χ0n) is 19.2. The second-order valence-electron chi connectivity index (χ2n) is 8.24. The molecular weight excluding hydrogens is 462 g/mol. The lowest BCUT2D eigenvalue weighted by molar-refractivity contribution is 0.678. The van der Waals surface area contributed by atoms with E-state index in [4.69, 9.17) is 16.6 Å². The summed E-state index contributed by atoms with van der Waals surface area (Å²) in [6.45, 7) is 2.53. The number of hydrogen-bond acceptors (Lipinski definition) is 5. The molecule has 0 spiro atoms. The number of unbranched alkanes of at least 4 members (excludes halogenated alkanes) is 1. The molecule has 0 aliphatic rings. The molecule has 35 heavy (non-hydrogen) atoms. The summed E-state index contributed by atoms with van der Waals surface area (Å²) in [5.74, 6) is 0.491. The SMILES string of the molecule is CCCCc1c[nH]c(=O)n1Cc1ccc(-c2ccccc2-c2nn[nH]n2)nc1-c1ccccc1Cl. The first-order valence-electron chi connectivity index (χ1n) is 11.5. The van der Waals surface area contributed by atoms with Gasteiger partial charge in [-0.25, -0.2) is 9.78 Å². The van der Waals surface area contributed by atoms with Crippen molar-refractivity contribution in [3.63, 3.8) is 0 Å². The molecule has 3 aromatic heterocycles. The van der Waals surface area contributed by atoms with Crippen molar-refractivity contribution in [2.24, 2.45) is 0 Å². The van der Waals surface area contributed by atoms with Crippen molar-refractivity contribution in [2.75, 3.05) is 0 Å². The fourth-order valence-electron chi connectivity index (χ4n) is 4.17. The van der Waals surface area contributed by atoms with Gasteiger partial charge in [0.15, 0.2) is 0 Å². The number of aromatic nitrogens is 7. The summed E-state index contributed by atoms with van der Waals surface area (Å²) >= 11 is 6.61. The van der Waals surface area contributed by atoms with E-state index < -0.39 is 0 Å². The molecule has 9 heteroatoms. The van der Waals surface area contributed by atoms with Crippen molar-refractivity contribution in [1.82, 2.24) is 35.2 Å². The highest BCUT2D eigenvalue weighted by atomic mass is 35.5. The Labute approximate surface area is 207 Å². The van der Waals surface area contributed by atoms with E-state index >= 15 is 0 Å². The van der Waals surface area contributed by atoms with Gasteiger partial charge >= 0.3 is 5.69 Å². The van der Waals surface area contributed by atoms with Crippen LogP contribution in [0.5, 0.6) is 0 Å². The van der Waals surface area contributed by atoms with Gasteiger partial charge in [-0.2, -0.15) is 5.21 Å². The number of halogens is 1. The molecule has 8 nitrogen and oxygen atoms in total. The predicted octanol–water partition coefficient (Wildman–Crippen LogP) is 5.13. The molecule has 0 unspecified atom stereocenters. The van der Waals surface area contributed by atoms with Crippen molar-refractivity contribution >= 4 is 11.6 Å². The number of rotatable bonds is 8. The molecule has 0 aliphatic heterocycles. The topological polar surface area (TPSA) is 105 Å². The van der Waals surface area contributed by atoms with Crippen LogP contribution in [0.2, 0.25) is 5.02 Å². The molecule has 0 saturated heterocycles. The second kappa shape index (κ2) is 10.1. The lowest BCUT2D eigenvalue weighted by Gasteiger charge is -2.15. The first-order valence-corrected chi connectivity index (χ1v) is 11.9. The van der Waals surface area contributed by atoms with E-state index in [-0.39, 0.29) is 5.69 Å². The van der Waals surface area contributed by atoms with Crippen LogP contribution in [0.3, 0.4) is 0 Å². The van der Waals surface area contributed by atoms with Crippen LogP contribution in [-0.4, -0.2) is 35.2 Å². The standard InChI is InChI=1S/C26H24ClN7O/c1-2-3-8-18-15-28-26(35)34(18)16-17-13-14-23(29-24(17)21-11-6-7-12-22(21)27)19-9-4-5-10-20(19)25-30-32-33-31-25/h4-7,9-15H,2-3,8,16H2,1H3,(H,28,35)(H,30,31,32,33). The minimum absolute atomic E-state index is 0.132. The van der Waals surface area contributed by atoms with Gasteiger partial charge in [0.2, 0.25) is 5.82 Å². The Morgan fingerprint density at radius 1 is 0.971 bits per heavy atom. The quantitative estimate of drug-likeness (QED) is 0.317. The summed E-state index contributed by atoms with van der Waals surface area (Å²) in [7, 11) is 0. The summed E-state index contributed by atoms with van der Waals surface area (Å²) in [6, 6.07) is 19.4. The van der Waals surface area contributed by atoms with Crippen LogP contribution >= 0.6 is 11.6 Å². The van der Waals surface area contributed by atoms with E-state index in [9.17, 15) is 4.79 Å². The minimum Gasteiger partial charge on any atom is -0.312 e. The van der Waals surface area contributed by atoms with Gasteiger partial charge in [0.05, 0.1) is 17.9 Å². The Balaban J connectivity index is 1.64. The first kappa shape index (κ1) is 22.7. The first-order chi connectivity index (χ1) is 17.2. The van der Waals surface area contributed by atoms with Crippen molar-refractivity contribution in [2.45, 2.75) is 32.7 Å². The van der Waals surface area contributed by atoms with Crippen LogP contribution in [0, 0.1) is 0 Å². The maximum Gasteiger partial charge on any atom is 0.326 e. The normalized spacial score (nSPS) is 11.1. The van der Waals surface area contributed by atoms with Gasteiger partial charge in [0, 0.05) is 33.6 Å². The molecule has 0 aliphatic carbocycles. The van der Waals surface area contributed by atoms with Gasteiger partial charge in [0.1, 0.15) is 0 Å². The van der Waals surface area contributed by atoms with Gasteiger partial charge < -0.3 is 4.98 Å². The summed E-state index contributed by atoms with van der Waals surface area (Å²) in [6.07, 6.45) is 4.70. The number of pyridine rings is 1. The Morgan fingerprint density at radius 2 is 1.74 bits per heavy atom. The molecule has 0 amide bonds. The number of benzene rings is 2. The highest BCUT2D eigenvalue weighted by Gasteiger charge is 2.17. The Bertz CT molecular complexity index is 1500.